The molecule has 0 bridgehead atoms. The number of likely N-dealkylation sites (N-methyl/N-ethyl adjacent to an activating group) is 1. The predicted octanol–water partition coefficient (Wildman–Crippen LogP) is 2.32. The Balaban J connectivity index is 3.63. The molecule has 1 atom stereocenters. The zero-order valence-corrected chi connectivity index (χ0v) is 7.15. The van der Waals surface area contributed by atoms with Crippen LogP contribution in [0.25, 0.3) is 0 Å². The van der Waals surface area contributed by atoms with Gasteiger partial charge < -0.3 is 5.32 Å². The van der Waals surface area contributed by atoms with Crippen molar-refractivity contribution >= 4 is 0 Å². The molecule has 0 aromatic heterocycles. The standard InChI is InChI=1S/C9H17N/c1-5-8(2)6-7-9(3)10-4/h6-8,10H,3,5H2,1-2,4H3/b7-6-/t8-/m1/s1. The molecule has 0 aromatic carbocycles. The van der Waals surface area contributed by atoms with Crippen LogP contribution in [0.2, 0.25) is 0 Å². The van der Waals surface area contributed by atoms with Gasteiger partial charge in [-0.3, -0.25) is 0 Å². The molecule has 0 unspecified atom stereocenters. The molecule has 1 heteroatoms. The molecule has 0 amide bonds. The van der Waals surface area contributed by atoms with Gasteiger partial charge in [0.1, 0.15) is 0 Å². The molecular formula is C9H17N. The van der Waals surface area contributed by atoms with Gasteiger partial charge in [0, 0.05) is 12.7 Å². The zero-order chi connectivity index (χ0) is 7.98. The molecule has 0 fully saturated rings. The molecule has 0 aromatic rings. The van der Waals surface area contributed by atoms with Crippen molar-refractivity contribution in [1.29, 1.82) is 0 Å². The maximum Gasteiger partial charge on any atom is 0.0261 e. The quantitative estimate of drug-likeness (QED) is 0.589. The normalized spacial score (nSPS) is 13.5. The van der Waals surface area contributed by atoms with Gasteiger partial charge in [0.25, 0.3) is 0 Å². The van der Waals surface area contributed by atoms with Crippen LogP contribution in [0.5, 0.6) is 0 Å². The predicted molar refractivity (Wildman–Crippen MR) is 46.8 cm³/mol. The van der Waals surface area contributed by atoms with E-state index >= 15 is 0 Å². The van der Waals surface area contributed by atoms with Crippen LogP contribution in [0.15, 0.2) is 24.4 Å². The first-order valence-electron chi connectivity index (χ1n) is 3.75. The average molecular weight is 139 g/mol. The Bertz CT molecular complexity index is 125. The van der Waals surface area contributed by atoms with E-state index in [0.29, 0.717) is 5.92 Å². The highest BCUT2D eigenvalue weighted by Crippen LogP contribution is 2.02. The second-order valence-electron chi connectivity index (χ2n) is 2.52. The van der Waals surface area contributed by atoms with Crippen LogP contribution in [-0.4, -0.2) is 7.05 Å². The van der Waals surface area contributed by atoms with Gasteiger partial charge in [-0.15, -0.1) is 0 Å². The molecule has 1 N–H and O–H groups in total. The molecular weight excluding hydrogens is 122 g/mol. The molecule has 58 valence electrons. The Hall–Kier alpha value is -0.720. The van der Waals surface area contributed by atoms with Gasteiger partial charge in [0.05, 0.1) is 0 Å². The van der Waals surface area contributed by atoms with E-state index < -0.39 is 0 Å². The molecule has 0 radical (unpaired) electrons. The van der Waals surface area contributed by atoms with E-state index in [1.54, 1.807) is 0 Å². The summed E-state index contributed by atoms with van der Waals surface area (Å²) >= 11 is 0. The van der Waals surface area contributed by atoms with Gasteiger partial charge in [0.15, 0.2) is 0 Å². The Morgan fingerprint density at radius 3 is 2.70 bits per heavy atom. The molecule has 0 rings (SSSR count). The molecule has 0 heterocycles. The summed E-state index contributed by atoms with van der Waals surface area (Å²) in [4.78, 5) is 0. The summed E-state index contributed by atoms with van der Waals surface area (Å²) in [6.07, 6.45) is 5.38. The van der Waals surface area contributed by atoms with Crippen molar-refractivity contribution in [3.63, 3.8) is 0 Å². The van der Waals surface area contributed by atoms with Crippen molar-refractivity contribution in [1.82, 2.24) is 5.32 Å². The summed E-state index contributed by atoms with van der Waals surface area (Å²) in [5, 5.41) is 2.96. The Labute approximate surface area is 63.8 Å². The number of allylic oxidation sites excluding steroid dienone is 2. The molecule has 10 heavy (non-hydrogen) atoms. The topological polar surface area (TPSA) is 12.0 Å². The van der Waals surface area contributed by atoms with Gasteiger partial charge in [-0.2, -0.15) is 0 Å². The first-order chi connectivity index (χ1) is 4.70. The van der Waals surface area contributed by atoms with Crippen LogP contribution in [0.4, 0.5) is 0 Å². The van der Waals surface area contributed by atoms with Gasteiger partial charge in [0.2, 0.25) is 0 Å². The van der Waals surface area contributed by atoms with E-state index in [-0.39, 0.29) is 0 Å². The molecule has 0 aliphatic rings. The highest BCUT2D eigenvalue weighted by Gasteiger charge is 1.89. The van der Waals surface area contributed by atoms with Crippen molar-refractivity contribution in [3.05, 3.63) is 24.4 Å². The van der Waals surface area contributed by atoms with E-state index in [1.165, 1.54) is 6.42 Å². The lowest BCUT2D eigenvalue weighted by Crippen LogP contribution is -2.01. The van der Waals surface area contributed by atoms with Gasteiger partial charge in [-0.05, 0) is 12.0 Å². The minimum atomic E-state index is 0.658. The fourth-order valence-electron chi connectivity index (χ4n) is 0.500. The lowest BCUT2D eigenvalue weighted by molar-refractivity contribution is 0.697. The fraction of sp³-hybridized carbons (Fsp3) is 0.556. The van der Waals surface area contributed by atoms with Crippen molar-refractivity contribution in [2.45, 2.75) is 20.3 Å². The van der Waals surface area contributed by atoms with Crippen LogP contribution in [0.3, 0.4) is 0 Å². The maximum absolute atomic E-state index is 3.78. The third-order valence-electron chi connectivity index (χ3n) is 1.59. The van der Waals surface area contributed by atoms with Gasteiger partial charge >= 0.3 is 0 Å². The van der Waals surface area contributed by atoms with Crippen LogP contribution < -0.4 is 5.32 Å². The summed E-state index contributed by atoms with van der Waals surface area (Å²) < 4.78 is 0. The minimum absolute atomic E-state index is 0.658. The summed E-state index contributed by atoms with van der Waals surface area (Å²) in [7, 11) is 1.88. The number of hydrogen-bond donors (Lipinski definition) is 1. The number of rotatable bonds is 4. The molecule has 1 nitrogen and oxygen atoms in total. The van der Waals surface area contributed by atoms with E-state index in [2.05, 4.69) is 31.8 Å². The van der Waals surface area contributed by atoms with Crippen molar-refractivity contribution in [3.8, 4) is 0 Å². The van der Waals surface area contributed by atoms with Crippen LogP contribution in [0, 0.1) is 5.92 Å². The second kappa shape index (κ2) is 5.10. The molecule has 0 aliphatic carbocycles. The number of nitrogens with one attached hydrogen (secondary N) is 1. The fourth-order valence-corrected chi connectivity index (χ4v) is 0.500. The average Bonchev–Trinajstić information content (AvgIpc) is 1.99. The second-order valence-corrected chi connectivity index (χ2v) is 2.52. The first kappa shape index (κ1) is 9.28. The highest BCUT2D eigenvalue weighted by atomic mass is 14.8. The van der Waals surface area contributed by atoms with E-state index in [4.69, 9.17) is 0 Å². The molecule has 0 spiro atoms. The smallest absolute Gasteiger partial charge is 0.0261 e. The van der Waals surface area contributed by atoms with Crippen molar-refractivity contribution in [2.24, 2.45) is 5.92 Å². The maximum atomic E-state index is 3.78. The van der Waals surface area contributed by atoms with Crippen molar-refractivity contribution < 1.29 is 0 Å². The summed E-state index contributed by atoms with van der Waals surface area (Å²) in [6.45, 7) is 8.15. The third kappa shape index (κ3) is 4.19. The van der Waals surface area contributed by atoms with E-state index in [1.807, 2.05) is 13.1 Å². The first-order valence-corrected chi connectivity index (χ1v) is 3.75. The monoisotopic (exact) mass is 139 g/mol. The SMILES string of the molecule is C=C(/C=C\[C@H](C)CC)NC. The Kier molecular flexibility index (Phi) is 4.73. The highest BCUT2D eigenvalue weighted by molar-refractivity contribution is 5.12. The molecule has 0 aliphatic heterocycles. The summed E-state index contributed by atoms with van der Waals surface area (Å²) in [5.41, 5.74) is 0.973. The zero-order valence-electron chi connectivity index (χ0n) is 7.15. The number of hydrogen-bond acceptors (Lipinski definition) is 1. The minimum Gasteiger partial charge on any atom is -0.389 e. The van der Waals surface area contributed by atoms with Gasteiger partial charge in [-0.1, -0.05) is 32.9 Å². The van der Waals surface area contributed by atoms with E-state index in [0.717, 1.165) is 5.70 Å². The van der Waals surface area contributed by atoms with E-state index in [9.17, 15) is 0 Å². The van der Waals surface area contributed by atoms with Crippen molar-refractivity contribution in [2.75, 3.05) is 7.05 Å². The Morgan fingerprint density at radius 2 is 2.30 bits per heavy atom. The lowest BCUT2D eigenvalue weighted by Gasteiger charge is -2.00. The molecule has 0 saturated heterocycles. The summed E-state index contributed by atoms with van der Waals surface area (Å²) in [6, 6.07) is 0. The van der Waals surface area contributed by atoms with Crippen LogP contribution >= 0.6 is 0 Å². The lowest BCUT2D eigenvalue weighted by atomic mass is 10.1. The summed E-state index contributed by atoms with van der Waals surface area (Å²) in [5.74, 6) is 0.658. The van der Waals surface area contributed by atoms with Gasteiger partial charge in [-0.25, -0.2) is 0 Å². The van der Waals surface area contributed by atoms with Crippen LogP contribution in [-0.2, 0) is 0 Å². The largest absolute Gasteiger partial charge is 0.389 e. The molecule has 0 saturated carbocycles. The Morgan fingerprint density at radius 1 is 1.70 bits per heavy atom. The van der Waals surface area contributed by atoms with Crippen LogP contribution in [0.1, 0.15) is 20.3 Å². The third-order valence-corrected chi connectivity index (χ3v) is 1.59.